The second-order valence-corrected chi connectivity index (χ2v) is 10.4. The monoisotopic (exact) mass is 638 g/mol. The van der Waals surface area contributed by atoms with E-state index in [9.17, 15) is 34.5 Å². The van der Waals surface area contributed by atoms with Gasteiger partial charge in [0.25, 0.3) is 11.5 Å². The normalized spacial score (nSPS) is 24.6. The molecule has 1 aromatic heterocycles. The summed E-state index contributed by atoms with van der Waals surface area (Å²) in [5, 5.41) is 62.6. The molecule has 0 radical (unpaired) electrons. The molecule has 2 unspecified atom stereocenters. The highest BCUT2D eigenvalue weighted by Crippen LogP contribution is 2.25. The predicted octanol–water partition coefficient (Wildman–Crippen LogP) is -3.51. The number of aliphatic carboxylic acids is 2. The minimum absolute atomic E-state index is 0.0388. The summed E-state index contributed by atoms with van der Waals surface area (Å²) < 4.78 is 4.70. The molecule has 0 saturated carbocycles. The molecule has 14 N–H and O–H groups in total. The molecule has 45 heavy (non-hydrogen) atoms. The van der Waals surface area contributed by atoms with E-state index in [1.165, 1.54) is 12.1 Å². The first-order chi connectivity index (χ1) is 21.2. The number of ether oxygens (including phenoxy) is 1. The smallest absolute Gasteiger partial charge is 0.326 e. The van der Waals surface area contributed by atoms with E-state index >= 15 is 0 Å². The van der Waals surface area contributed by atoms with E-state index in [0.717, 1.165) is 5.69 Å². The summed E-state index contributed by atoms with van der Waals surface area (Å²) in [6.45, 7) is 0.538. The molecule has 0 bridgehead atoms. The molecular formula is C26H38N8O11. The van der Waals surface area contributed by atoms with Crippen molar-refractivity contribution in [1.29, 1.82) is 0 Å². The molecule has 0 aliphatic carbocycles. The van der Waals surface area contributed by atoms with Crippen LogP contribution in [0.1, 0.15) is 23.2 Å². The Morgan fingerprint density at radius 3 is 2.42 bits per heavy atom. The number of fused-ring (bicyclic) bond motifs is 1. The van der Waals surface area contributed by atoms with Gasteiger partial charge in [0.15, 0.2) is 12.1 Å². The number of H-pyrrole nitrogens is 1. The third kappa shape index (κ3) is 9.00. The number of aromatic nitrogens is 2. The van der Waals surface area contributed by atoms with Crippen molar-refractivity contribution in [1.82, 2.24) is 15.3 Å². The van der Waals surface area contributed by atoms with E-state index in [1.54, 1.807) is 19.2 Å². The van der Waals surface area contributed by atoms with Crippen LogP contribution in [0, 0.1) is 0 Å². The highest BCUT2D eigenvalue weighted by atomic mass is 16.6. The van der Waals surface area contributed by atoms with E-state index in [0.29, 0.717) is 24.6 Å². The molecule has 19 heteroatoms. The fraction of sp³-hybridized carbons (Fsp3) is 0.500. The number of carbonyl (C=O) groups excluding carboxylic acids is 1. The molecule has 3 heterocycles. The number of hydrogen-bond donors (Lipinski definition) is 12. The van der Waals surface area contributed by atoms with Crippen LogP contribution in [0.2, 0.25) is 0 Å². The zero-order valence-electron chi connectivity index (χ0n) is 24.2. The van der Waals surface area contributed by atoms with E-state index < -0.39 is 61.1 Å². The minimum atomic E-state index is -1.35. The van der Waals surface area contributed by atoms with Crippen molar-refractivity contribution >= 4 is 41.0 Å². The van der Waals surface area contributed by atoms with E-state index in [-0.39, 0.29) is 36.0 Å². The van der Waals surface area contributed by atoms with Crippen LogP contribution < -0.4 is 37.9 Å². The van der Waals surface area contributed by atoms with Gasteiger partial charge in [0.1, 0.15) is 30.0 Å². The van der Waals surface area contributed by atoms with E-state index in [2.05, 4.69) is 25.9 Å². The van der Waals surface area contributed by atoms with Gasteiger partial charge >= 0.3 is 11.9 Å². The molecule has 2 aliphatic rings. The van der Waals surface area contributed by atoms with Crippen LogP contribution in [0.25, 0.3) is 0 Å². The van der Waals surface area contributed by atoms with Gasteiger partial charge in [0, 0.05) is 37.8 Å². The van der Waals surface area contributed by atoms with Gasteiger partial charge in [-0.25, -0.2) is 4.79 Å². The summed E-state index contributed by atoms with van der Waals surface area (Å²) in [4.78, 5) is 54.9. The first-order valence-electron chi connectivity index (χ1n) is 13.7. The van der Waals surface area contributed by atoms with E-state index in [1.807, 2.05) is 4.90 Å². The van der Waals surface area contributed by atoms with Crippen LogP contribution in [-0.2, 0) is 14.3 Å². The molecule has 4 rings (SSSR count). The topological polar surface area (TPSA) is 319 Å². The number of likely N-dealkylation sites (N-methyl/N-ethyl adjacent to an activating group) is 1. The molecule has 248 valence electrons. The number of nitrogens with zero attached hydrogens (tertiary/aromatic N) is 2. The number of aliphatic hydroxyl groups excluding tert-OH is 4. The Labute approximate surface area is 255 Å². The largest absolute Gasteiger partial charge is 0.481 e. The van der Waals surface area contributed by atoms with Crippen molar-refractivity contribution in [2.45, 2.75) is 55.6 Å². The molecule has 1 saturated heterocycles. The number of nitrogens with two attached hydrogens (primary N) is 2. The number of nitrogens with one attached hydrogen (secondary N) is 4. The van der Waals surface area contributed by atoms with Crippen molar-refractivity contribution in [2.75, 3.05) is 48.0 Å². The lowest BCUT2D eigenvalue weighted by atomic mass is 9.98. The van der Waals surface area contributed by atoms with Crippen LogP contribution in [0.3, 0.4) is 0 Å². The SMILES string of the molecule is CN1c2c(nc(N)[nH]c2=O)NC[C@@H]1CNc1ccc(C(=O)NC(CCC(=O)O)C(=O)O)cc1.N[C@H]1C(O)O[C@H](CO)[C@@H](O)[C@@H]1O. The van der Waals surface area contributed by atoms with Gasteiger partial charge < -0.3 is 67.7 Å². The van der Waals surface area contributed by atoms with Gasteiger partial charge in [-0.3, -0.25) is 19.4 Å². The molecule has 19 nitrogen and oxygen atoms in total. The van der Waals surface area contributed by atoms with Crippen molar-refractivity contribution in [3.05, 3.63) is 40.2 Å². The van der Waals surface area contributed by atoms with Gasteiger partial charge in [-0.15, -0.1) is 0 Å². The van der Waals surface area contributed by atoms with Crippen LogP contribution >= 0.6 is 0 Å². The minimum Gasteiger partial charge on any atom is -0.481 e. The molecule has 1 aromatic carbocycles. The predicted molar refractivity (Wildman–Crippen MR) is 159 cm³/mol. The number of benzene rings is 1. The number of aromatic amines is 1. The van der Waals surface area contributed by atoms with Crippen molar-refractivity contribution < 1.29 is 49.8 Å². The first-order valence-corrected chi connectivity index (χ1v) is 13.7. The summed E-state index contributed by atoms with van der Waals surface area (Å²) in [5.74, 6) is -2.59. The third-order valence-corrected chi connectivity index (χ3v) is 7.21. The summed E-state index contributed by atoms with van der Waals surface area (Å²) in [7, 11) is 1.79. The summed E-state index contributed by atoms with van der Waals surface area (Å²) >= 11 is 0. The number of rotatable bonds is 10. The highest BCUT2D eigenvalue weighted by Gasteiger charge is 2.41. The van der Waals surface area contributed by atoms with Crippen LogP contribution in [0.15, 0.2) is 29.1 Å². The quantitative estimate of drug-likeness (QED) is 0.120. The zero-order valence-corrected chi connectivity index (χ0v) is 24.2. The summed E-state index contributed by atoms with van der Waals surface area (Å²) in [6.07, 6.45) is -5.44. The highest BCUT2D eigenvalue weighted by molar-refractivity contribution is 5.97. The van der Waals surface area contributed by atoms with Gasteiger partial charge in [-0.05, 0) is 30.7 Å². The Balaban J connectivity index is 0.000000385. The average Bonchev–Trinajstić information content (AvgIpc) is 2.99. The van der Waals surface area contributed by atoms with Gasteiger partial charge in [-0.2, -0.15) is 4.98 Å². The van der Waals surface area contributed by atoms with Crippen LogP contribution in [0.4, 0.5) is 23.1 Å². The zero-order chi connectivity index (χ0) is 33.4. The number of amides is 1. The van der Waals surface area contributed by atoms with Crippen molar-refractivity contribution in [3.63, 3.8) is 0 Å². The van der Waals surface area contributed by atoms with Crippen LogP contribution in [0.5, 0.6) is 0 Å². The van der Waals surface area contributed by atoms with Crippen molar-refractivity contribution in [2.24, 2.45) is 5.73 Å². The maximum absolute atomic E-state index is 12.3. The van der Waals surface area contributed by atoms with E-state index in [4.69, 9.17) is 31.5 Å². The standard InChI is InChI=1S/C20H25N7O6.C6H13NO5/c1-27-12(9-23-16-15(27)18(31)26-20(21)25-16)8-22-11-4-2-10(3-5-11)17(30)24-13(19(32)33)6-7-14(28)29;7-3-5(10)4(9)2(1-8)12-6(3)11/h2-5,12-13,22H,6-9H2,1H3,(H,24,30)(H,28,29)(H,32,33)(H4,21,23,25,26,31);2-6,8-11H,1,7H2/t12-,13?;2-,3-,4-,5-,6?/m01/s1. The molecule has 1 fully saturated rings. The fourth-order valence-electron chi connectivity index (χ4n) is 4.54. The van der Waals surface area contributed by atoms with Crippen molar-refractivity contribution in [3.8, 4) is 0 Å². The molecular weight excluding hydrogens is 600 g/mol. The molecule has 2 aromatic rings. The third-order valence-electron chi connectivity index (χ3n) is 7.21. The Morgan fingerprint density at radius 1 is 1.16 bits per heavy atom. The Kier molecular flexibility index (Phi) is 12.0. The number of carboxylic acids is 2. The molecule has 7 atom stereocenters. The van der Waals surface area contributed by atoms with Gasteiger partial charge in [0.05, 0.1) is 18.7 Å². The lowest BCUT2D eigenvalue weighted by Gasteiger charge is -2.38. The van der Waals surface area contributed by atoms with Gasteiger partial charge in [-0.1, -0.05) is 0 Å². The number of nitrogen functional groups attached to an aromatic ring is 1. The molecule has 2 aliphatic heterocycles. The second kappa shape index (κ2) is 15.5. The van der Waals surface area contributed by atoms with Crippen LogP contribution in [-0.4, -0.2) is 128 Å². The Morgan fingerprint density at radius 2 is 1.82 bits per heavy atom. The lowest BCUT2D eigenvalue weighted by Crippen LogP contribution is -2.61. The number of aliphatic hydroxyl groups is 4. The fourth-order valence-corrected chi connectivity index (χ4v) is 4.54. The Hall–Kier alpha value is -4.53. The molecule has 0 spiro atoms. The second-order valence-electron chi connectivity index (χ2n) is 10.4. The summed E-state index contributed by atoms with van der Waals surface area (Å²) in [5.41, 5.74) is 11.9. The number of anilines is 4. The Bertz CT molecular complexity index is 1390. The number of carbonyl (C=O) groups is 3. The number of carboxylic acid groups (broad SMARTS) is 2. The molecule has 1 amide bonds. The maximum Gasteiger partial charge on any atom is 0.326 e. The lowest BCUT2D eigenvalue weighted by molar-refractivity contribution is -0.248. The van der Waals surface area contributed by atoms with Gasteiger partial charge in [0.2, 0.25) is 5.95 Å². The average molecular weight is 639 g/mol. The number of hydrogen-bond acceptors (Lipinski definition) is 15. The maximum atomic E-state index is 12.3. The summed E-state index contributed by atoms with van der Waals surface area (Å²) in [6, 6.07) is 3.99. The first kappa shape index (κ1) is 35.0.